The molecule has 2 saturated heterocycles. The van der Waals surface area contributed by atoms with E-state index in [0.717, 1.165) is 6.42 Å². The lowest BCUT2D eigenvalue weighted by atomic mass is 9.89. The van der Waals surface area contributed by atoms with E-state index in [2.05, 4.69) is 12.1 Å². The molecular weight excluding hydrogens is 416 g/mol. The van der Waals surface area contributed by atoms with Gasteiger partial charge in [0.25, 0.3) is 5.91 Å². The second-order valence-electron chi connectivity index (χ2n) is 7.95. The molecule has 0 saturated carbocycles. The van der Waals surface area contributed by atoms with Crippen molar-refractivity contribution in [2.24, 2.45) is 0 Å². The first-order chi connectivity index (χ1) is 14.9. The van der Waals surface area contributed by atoms with Gasteiger partial charge in [-0.05, 0) is 36.2 Å². The van der Waals surface area contributed by atoms with Crippen molar-refractivity contribution in [3.05, 3.63) is 60.2 Å². The molecule has 1 spiro atoms. The number of piperidine rings is 1. The lowest BCUT2D eigenvalue weighted by molar-refractivity contribution is -0.178. The van der Waals surface area contributed by atoms with Gasteiger partial charge >= 0.3 is 0 Å². The molecule has 7 nitrogen and oxygen atoms in total. The fraction of sp³-hybridized carbons (Fsp3) is 0.435. The maximum absolute atomic E-state index is 13.2. The van der Waals surface area contributed by atoms with Gasteiger partial charge < -0.3 is 18.9 Å². The Hall–Kier alpha value is -2.26. The number of carbonyl (C=O) groups excluding carboxylic acids is 1. The number of methoxy groups -OCH3 is 1. The molecule has 1 unspecified atom stereocenters. The predicted molar refractivity (Wildman–Crippen MR) is 116 cm³/mol. The minimum atomic E-state index is -3.62. The highest BCUT2D eigenvalue weighted by Gasteiger charge is 2.50. The van der Waals surface area contributed by atoms with E-state index in [0.29, 0.717) is 38.3 Å². The maximum atomic E-state index is 13.2. The summed E-state index contributed by atoms with van der Waals surface area (Å²) >= 11 is 0. The molecule has 2 fully saturated rings. The van der Waals surface area contributed by atoms with Crippen LogP contribution in [0.3, 0.4) is 0 Å². The lowest BCUT2D eigenvalue weighted by Gasteiger charge is -2.45. The zero-order valence-electron chi connectivity index (χ0n) is 17.7. The number of hydrogen-bond acceptors (Lipinski definition) is 5. The van der Waals surface area contributed by atoms with Crippen molar-refractivity contribution in [3.63, 3.8) is 0 Å². The van der Waals surface area contributed by atoms with Crippen LogP contribution in [0.15, 0.2) is 59.5 Å². The number of amides is 1. The summed E-state index contributed by atoms with van der Waals surface area (Å²) in [6.07, 6.45) is 1.52. The molecular formula is C23H28N2O5S. The molecule has 2 heterocycles. The zero-order chi connectivity index (χ0) is 21.9. The van der Waals surface area contributed by atoms with Crippen molar-refractivity contribution in [1.29, 1.82) is 0 Å². The van der Waals surface area contributed by atoms with E-state index in [4.69, 9.17) is 9.47 Å². The van der Waals surface area contributed by atoms with E-state index in [9.17, 15) is 13.6 Å². The van der Waals surface area contributed by atoms with E-state index in [1.165, 1.54) is 17.0 Å². The average molecular weight is 445 g/mol. The van der Waals surface area contributed by atoms with Crippen molar-refractivity contribution < 1.29 is 23.0 Å². The molecule has 2 aromatic rings. The Kier molecular flexibility index (Phi) is 6.43. The van der Waals surface area contributed by atoms with E-state index >= 15 is 0 Å². The average Bonchev–Trinajstić information content (AvgIpc) is 2.81. The van der Waals surface area contributed by atoms with Crippen molar-refractivity contribution in [2.45, 2.75) is 29.8 Å². The summed E-state index contributed by atoms with van der Waals surface area (Å²) in [5.74, 6) is 0.588. The van der Waals surface area contributed by atoms with Gasteiger partial charge in [-0.2, -0.15) is 0 Å². The summed E-state index contributed by atoms with van der Waals surface area (Å²) in [4.78, 5) is 15.3. The molecule has 2 aliphatic heterocycles. The highest BCUT2D eigenvalue weighted by molar-refractivity contribution is 7.95. The second kappa shape index (κ2) is 9.08. The van der Waals surface area contributed by atoms with E-state index < -0.39 is 16.0 Å². The van der Waals surface area contributed by atoms with Gasteiger partial charge in [0, 0.05) is 39.0 Å². The molecule has 166 valence electrons. The minimum Gasteiger partial charge on any atom is -0.593 e. The summed E-state index contributed by atoms with van der Waals surface area (Å²) in [6, 6.07) is 16.5. The summed E-state index contributed by atoms with van der Waals surface area (Å²) in [5, 5.41) is 0. The molecule has 8 heteroatoms. The quantitative estimate of drug-likeness (QED) is 0.640. The van der Waals surface area contributed by atoms with Crippen LogP contribution >= 0.6 is 0 Å². The fourth-order valence-electron chi connectivity index (χ4n) is 4.27. The smallest absolute Gasteiger partial charge is 0.255 e. The molecule has 0 bridgehead atoms. The van der Waals surface area contributed by atoms with E-state index in [1.807, 2.05) is 23.1 Å². The molecule has 1 amide bonds. The molecule has 0 N–H and O–H groups in total. The summed E-state index contributed by atoms with van der Waals surface area (Å²) in [7, 11) is -2.08. The van der Waals surface area contributed by atoms with Gasteiger partial charge in [0.2, 0.25) is 0 Å². The SMILES string of the molecule is COc1ccc([S+](=O)([O-])N2CCC3(CC2)OCCN(CCc2ccccc2)C3=O)cc1. The van der Waals surface area contributed by atoms with Gasteiger partial charge in [-0.25, -0.2) is 0 Å². The van der Waals surface area contributed by atoms with Crippen LogP contribution in [0.5, 0.6) is 5.75 Å². The first-order valence-electron chi connectivity index (χ1n) is 10.6. The van der Waals surface area contributed by atoms with Crippen molar-refractivity contribution in [3.8, 4) is 5.75 Å². The van der Waals surface area contributed by atoms with Crippen molar-refractivity contribution in [2.75, 3.05) is 39.9 Å². The molecule has 4 rings (SSSR count). The summed E-state index contributed by atoms with van der Waals surface area (Å²) in [6.45, 7) is 2.20. The number of ether oxygens (including phenoxy) is 2. The van der Waals surface area contributed by atoms with E-state index in [1.54, 1.807) is 24.3 Å². The van der Waals surface area contributed by atoms with Crippen LogP contribution in [0.25, 0.3) is 0 Å². The Bertz CT molecular complexity index is 942. The zero-order valence-corrected chi connectivity index (χ0v) is 18.5. The van der Waals surface area contributed by atoms with Gasteiger partial charge in [0.15, 0.2) is 15.3 Å². The van der Waals surface area contributed by atoms with Crippen LogP contribution in [0.4, 0.5) is 0 Å². The third kappa shape index (κ3) is 4.52. The molecule has 2 aliphatic rings. The van der Waals surface area contributed by atoms with Crippen LogP contribution < -0.4 is 4.74 Å². The standard InChI is InChI=1S/C23H28N2O5S/c1-29-20-7-9-21(10-8-20)31(27,28)25-15-12-23(13-16-25)22(26)24(17-18-30-23)14-11-19-5-3-2-4-6-19/h2-10H,11-18H2,1H3. The normalized spacial score (nSPS) is 21.1. The Labute approximate surface area is 184 Å². The van der Waals surface area contributed by atoms with Crippen molar-refractivity contribution >= 4 is 16.3 Å². The molecule has 0 radical (unpaired) electrons. The van der Waals surface area contributed by atoms with Gasteiger partial charge in [-0.1, -0.05) is 34.5 Å². The highest BCUT2D eigenvalue weighted by Crippen LogP contribution is 2.35. The van der Waals surface area contributed by atoms with Gasteiger partial charge in [-0.3, -0.25) is 4.79 Å². The lowest BCUT2D eigenvalue weighted by Crippen LogP contribution is -2.61. The highest BCUT2D eigenvalue weighted by atomic mass is 32.3. The molecule has 0 aliphatic carbocycles. The minimum absolute atomic E-state index is 0.0174. The maximum Gasteiger partial charge on any atom is 0.255 e. The number of hydrogen-bond donors (Lipinski definition) is 0. The molecule has 0 aromatic heterocycles. The first-order valence-corrected chi connectivity index (χ1v) is 12.0. The number of benzene rings is 2. The largest absolute Gasteiger partial charge is 0.593 e. The summed E-state index contributed by atoms with van der Waals surface area (Å²) < 4.78 is 38.5. The number of carbonyl (C=O) groups is 1. The molecule has 31 heavy (non-hydrogen) atoms. The van der Waals surface area contributed by atoms with Gasteiger partial charge in [-0.15, -0.1) is 4.31 Å². The van der Waals surface area contributed by atoms with Crippen LogP contribution in [0, 0.1) is 0 Å². The van der Waals surface area contributed by atoms with Gasteiger partial charge in [0.1, 0.15) is 11.4 Å². The van der Waals surface area contributed by atoms with E-state index in [-0.39, 0.29) is 23.9 Å². The van der Waals surface area contributed by atoms with Crippen molar-refractivity contribution in [1.82, 2.24) is 9.21 Å². The molecule has 2 aromatic carbocycles. The number of rotatable bonds is 6. The number of sulfonamides is 1. The Balaban J connectivity index is 1.40. The third-order valence-electron chi connectivity index (χ3n) is 6.16. The number of nitrogens with zero attached hydrogens (tertiary/aromatic N) is 2. The third-order valence-corrected chi connectivity index (χ3v) is 8.07. The van der Waals surface area contributed by atoms with Crippen LogP contribution in [0.1, 0.15) is 18.4 Å². The Morgan fingerprint density at radius 3 is 2.39 bits per heavy atom. The van der Waals surface area contributed by atoms with Gasteiger partial charge in [0.05, 0.1) is 13.7 Å². The Morgan fingerprint density at radius 2 is 1.74 bits per heavy atom. The van der Waals surface area contributed by atoms with Crippen LogP contribution in [-0.2, 0) is 30.6 Å². The second-order valence-corrected chi connectivity index (χ2v) is 9.89. The fourth-order valence-corrected chi connectivity index (χ4v) is 5.71. The summed E-state index contributed by atoms with van der Waals surface area (Å²) in [5.41, 5.74) is 0.275. The Morgan fingerprint density at radius 1 is 1.06 bits per heavy atom. The predicted octanol–water partition coefficient (Wildman–Crippen LogP) is 2.54. The molecule has 1 atom stereocenters. The van der Waals surface area contributed by atoms with Crippen LogP contribution in [0.2, 0.25) is 0 Å². The number of morpholine rings is 1. The van der Waals surface area contributed by atoms with Crippen LogP contribution in [-0.4, -0.2) is 65.2 Å². The monoisotopic (exact) mass is 444 g/mol. The topological polar surface area (TPSA) is 82.1 Å². The first kappa shape index (κ1) is 22.0.